The molecule has 1 saturated carbocycles. The highest BCUT2D eigenvalue weighted by atomic mass is 35.5. The molecule has 1 aromatic rings. The Bertz CT molecular complexity index is 417. The summed E-state index contributed by atoms with van der Waals surface area (Å²) in [6.07, 6.45) is 5.04. The summed E-state index contributed by atoms with van der Waals surface area (Å²) in [5.74, 6) is 0.494. The largest absolute Gasteiger partial charge is 0.294 e. The zero-order chi connectivity index (χ0) is 11.5. The summed E-state index contributed by atoms with van der Waals surface area (Å²) in [6, 6.07) is 7.60. The monoisotopic (exact) mass is 234 g/mol. The predicted molar refractivity (Wildman–Crippen MR) is 67.5 cm³/mol. The van der Waals surface area contributed by atoms with Crippen LogP contribution in [0.2, 0.25) is 5.02 Å². The Labute approximate surface area is 101 Å². The highest BCUT2D eigenvalue weighted by Gasteiger charge is 2.22. The molecule has 2 rings (SSSR count). The fourth-order valence-corrected chi connectivity index (χ4v) is 2.20. The van der Waals surface area contributed by atoms with E-state index in [2.05, 4.69) is 0 Å². The van der Waals surface area contributed by atoms with Gasteiger partial charge in [-0.15, -0.1) is 0 Å². The Kier molecular flexibility index (Phi) is 3.45. The van der Waals surface area contributed by atoms with Crippen LogP contribution >= 0.6 is 11.6 Å². The summed E-state index contributed by atoms with van der Waals surface area (Å²) >= 11 is 5.82. The van der Waals surface area contributed by atoms with Crippen LogP contribution in [0.5, 0.6) is 0 Å². The summed E-state index contributed by atoms with van der Waals surface area (Å²) in [4.78, 5) is 11.9. The van der Waals surface area contributed by atoms with E-state index >= 15 is 0 Å². The van der Waals surface area contributed by atoms with E-state index in [9.17, 15) is 4.79 Å². The van der Waals surface area contributed by atoms with E-state index in [1.54, 1.807) is 0 Å². The van der Waals surface area contributed by atoms with Crippen molar-refractivity contribution in [3.63, 3.8) is 0 Å². The van der Waals surface area contributed by atoms with Gasteiger partial charge in [0.05, 0.1) is 0 Å². The molecule has 0 N–H and O–H groups in total. The van der Waals surface area contributed by atoms with Gasteiger partial charge >= 0.3 is 0 Å². The summed E-state index contributed by atoms with van der Waals surface area (Å²) in [5.41, 5.74) is 2.02. The second-order valence-corrected chi connectivity index (χ2v) is 4.82. The highest BCUT2D eigenvalue weighted by molar-refractivity contribution is 6.30. The molecule has 0 bridgehead atoms. The minimum atomic E-state index is 0.187. The molecular weight excluding hydrogens is 220 g/mol. The Morgan fingerprint density at radius 2 is 2.00 bits per heavy atom. The van der Waals surface area contributed by atoms with Gasteiger partial charge in [-0.25, -0.2) is 0 Å². The maximum atomic E-state index is 11.9. The van der Waals surface area contributed by atoms with Crippen molar-refractivity contribution in [3.05, 3.63) is 40.4 Å². The van der Waals surface area contributed by atoms with Crippen molar-refractivity contribution >= 4 is 23.5 Å². The summed E-state index contributed by atoms with van der Waals surface area (Å²) < 4.78 is 0. The third-order valence-electron chi connectivity index (χ3n) is 3.06. The standard InChI is InChI=1S/C14H15ClO/c1-10-3-2-4-12(14(10)16)9-11-5-7-13(15)8-6-11/h5-10H,2-4H2,1H3/b12-9+. The van der Waals surface area contributed by atoms with Gasteiger partial charge in [-0.05, 0) is 48.6 Å². The molecule has 0 saturated heterocycles. The number of rotatable bonds is 1. The minimum absolute atomic E-state index is 0.187. The van der Waals surface area contributed by atoms with Crippen LogP contribution in [0, 0.1) is 5.92 Å². The zero-order valence-corrected chi connectivity index (χ0v) is 10.1. The average molecular weight is 235 g/mol. The Morgan fingerprint density at radius 3 is 2.69 bits per heavy atom. The quantitative estimate of drug-likeness (QED) is 0.669. The Balaban J connectivity index is 2.23. The molecule has 1 unspecified atom stereocenters. The molecule has 1 fully saturated rings. The maximum absolute atomic E-state index is 11.9. The van der Waals surface area contributed by atoms with Gasteiger partial charge in [0.2, 0.25) is 0 Å². The van der Waals surface area contributed by atoms with E-state index in [0.29, 0.717) is 5.78 Å². The van der Waals surface area contributed by atoms with Gasteiger partial charge in [-0.1, -0.05) is 30.7 Å². The van der Waals surface area contributed by atoms with Gasteiger partial charge in [-0.3, -0.25) is 4.79 Å². The number of hydrogen-bond acceptors (Lipinski definition) is 1. The number of halogens is 1. The van der Waals surface area contributed by atoms with E-state index in [1.165, 1.54) is 0 Å². The van der Waals surface area contributed by atoms with Crippen LogP contribution in [-0.2, 0) is 4.79 Å². The first kappa shape index (κ1) is 11.4. The third kappa shape index (κ3) is 2.53. The molecule has 0 amide bonds. The topological polar surface area (TPSA) is 17.1 Å². The number of benzene rings is 1. The molecule has 0 spiro atoms. The first-order valence-electron chi connectivity index (χ1n) is 5.67. The molecule has 1 aliphatic carbocycles. The maximum Gasteiger partial charge on any atom is 0.161 e. The average Bonchev–Trinajstić information content (AvgIpc) is 2.28. The number of Topliss-reactive ketones (excluding diaryl/α,β-unsaturated/α-hetero) is 1. The lowest BCUT2D eigenvalue weighted by Gasteiger charge is -2.19. The van der Waals surface area contributed by atoms with Crippen molar-refractivity contribution in [2.24, 2.45) is 5.92 Å². The van der Waals surface area contributed by atoms with E-state index in [1.807, 2.05) is 37.3 Å². The molecule has 0 heterocycles. The number of carbonyl (C=O) groups is 1. The lowest BCUT2D eigenvalue weighted by molar-refractivity contribution is -0.119. The van der Waals surface area contributed by atoms with Crippen LogP contribution in [-0.4, -0.2) is 5.78 Å². The smallest absolute Gasteiger partial charge is 0.161 e. The van der Waals surface area contributed by atoms with E-state index in [4.69, 9.17) is 11.6 Å². The Hall–Kier alpha value is -1.08. The van der Waals surface area contributed by atoms with Crippen LogP contribution in [0.15, 0.2) is 29.8 Å². The second kappa shape index (κ2) is 4.84. The van der Waals surface area contributed by atoms with Gasteiger partial charge < -0.3 is 0 Å². The number of carbonyl (C=O) groups excluding carboxylic acids is 1. The van der Waals surface area contributed by atoms with Crippen LogP contribution < -0.4 is 0 Å². The van der Waals surface area contributed by atoms with Crippen molar-refractivity contribution in [2.75, 3.05) is 0 Å². The fraction of sp³-hybridized carbons (Fsp3) is 0.357. The van der Waals surface area contributed by atoms with Gasteiger partial charge in [0.1, 0.15) is 0 Å². The molecule has 0 aliphatic heterocycles. The number of hydrogen-bond donors (Lipinski definition) is 0. The molecule has 1 aromatic carbocycles. The zero-order valence-electron chi connectivity index (χ0n) is 9.37. The van der Waals surface area contributed by atoms with Gasteiger partial charge in [-0.2, -0.15) is 0 Å². The Morgan fingerprint density at radius 1 is 1.31 bits per heavy atom. The lowest BCUT2D eigenvalue weighted by atomic mass is 9.84. The number of ketones is 1. The first-order valence-corrected chi connectivity index (χ1v) is 6.05. The van der Waals surface area contributed by atoms with Crippen LogP contribution in [0.4, 0.5) is 0 Å². The molecule has 1 nitrogen and oxygen atoms in total. The van der Waals surface area contributed by atoms with Gasteiger partial charge in [0.25, 0.3) is 0 Å². The lowest BCUT2D eigenvalue weighted by Crippen LogP contribution is -2.18. The molecule has 84 valence electrons. The van der Waals surface area contributed by atoms with Crippen molar-refractivity contribution in [2.45, 2.75) is 26.2 Å². The van der Waals surface area contributed by atoms with Crippen molar-refractivity contribution in [1.29, 1.82) is 0 Å². The van der Waals surface area contributed by atoms with Crippen molar-refractivity contribution < 1.29 is 4.79 Å². The SMILES string of the molecule is CC1CCC/C(=C\c2ccc(Cl)cc2)C1=O. The summed E-state index contributed by atoms with van der Waals surface area (Å²) in [5, 5.41) is 0.727. The van der Waals surface area contributed by atoms with E-state index in [-0.39, 0.29) is 5.92 Å². The molecule has 0 radical (unpaired) electrons. The van der Waals surface area contributed by atoms with Crippen LogP contribution in [0.25, 0.3) is 6.08 Å². The second-order valence-electron chi connectivity index (χ2n) is 4.38. The molecule has 1 atom stereocenters. The predicted octanol–water partition coefficient (Wildman–Crippen LogP) is 4.11. The minimum Gasteiger partial charge on any atom is -0.294 e. The fourth-order valence-electron chi connectivity index (χ4n) is 2.07. The van der Waals surface area contributed by atoms with Crippen molar-refractivity contribution in [3.8, 4) is 0 Å². The van der Waals surface area contributed by atoms with Crippen LogP contribution in [0.1, 0.15) is 31.7 Å². The number of allylic oxidation sites excluding steroid dienone is 1. The van der Waals surface area contributed by atoms with Gasteiger partial charge in [0, 0.05) is 10.9 Å². The molecule has 16 heavy (non-hydrogen) atoms. The van der Waals surface area contributed by atoms with E-state index < -0.39 is 0 Å². The molecule has 0 aromatic heterocycles. The molecule has 1 aliphatic rings. The first-order chi connectivity index (χ1) is 7.66. The highest BCUT2D eigenvalue weighted by Crippen LogP contribution is 2.26. The third-order valence-corrected chi connectivity index (χ3v) is 3.31. The van der Waals surface area contributed by atoms with Crippen molar-refractivity contribution in [1.82, 2.24) is 0 Å². The van der Waals surface area contributed by atoms with E-state index in [0.717, 1.165) is 35.4 Å². The summed E-state index contributed by atoms with van der Waals surface area (Å²) in [7, 11) is 0. The normalized spacial score (nSPS) is 23.8. The molecular formula is C14H15ClO. The van der Waals surface area contributed by atoms with Crippen LogP contribution in [0.3, 0.4) is 0 Å². The molecule has 2 heteroatoms. The summed E-state index contributed by atoms with van der Waals surface area (Å²) in [6.45, 7) is 2.01. The van der Waals surface area contributed by atoms with Gasteiger partial charge in [0.15, 0.2) is 5.78 Å².